The summed E-state index contributed by atoms with van der Waals surface area (Å²) in [7, 11) is 0. The molecule has 6 heteroatoms. The molecular weight excluding hydrogens is 258 g/mol. The maximum Gasteiger partial charge on any atom is 0.157 e. The van der Waals surface area contributed by atoms with Gasteiger partial charge in [0.15, 0.2) is 6.29 Å². The number of nitrogens with zero attached hydrogens (tertiary/aromatic N) is 3. The van der Waals surface area contributed by atoms with E-state index >= 15 is 0 Å². The average molecular weight is 283 g/mol. The van der Waals surface area contributed by atoms with Crippen molar-refractivity contribution >= 4 is 0 Å². The molecule has 1 aromatic heterocycles. The topological polar surface area (TPSA) is 69.4 Å². The van der Waals surface area contributed by atoms with Gasteiger partial charge in [-0.3, -0.25) is 0 Å². The molecule has 0 radical (unpaired) electrons. The fourth-order valence-corrected chi connectivity index (χ4v) is 2.16. The predicted octanol–water partition coefficient (Wildman–Crippen LogP) is 1.60. The molecule has 20 heavy (non-hydrogen) atoms. The summed E-state index contributed by atoms with van der Waals surface area (Å²) < 4.78 is 13.0. The normalized spacial score (nSPS) is 23.5. The highest BCUT2D eigenvalue weighted by Crippen LogP contribution is 2.33. The molecule has 1 aliphatic heterocycles. The van der Waals surface area contributed by atoms with Crippen molar-refractivity contribution in [1.82, 2.24) is 14.8 Å². The van der Waals surface area contributed by atoms with Crippen molar-refractivity contribution in [3.05, 3.63) is 12.7 Å². The van der Waals surface area contributed by atoms with E-state index in [2.05, 4.69) is 10.1 Å². The number of hydrogen-bond acceptors (Lipinski definition) is 5. The molecule has 1 saturated heterocycles. The molecule has 114 valence electrons. The van der Waals surface area contributed by atoms with Crippen LogP contribution in [0.15, 0.2) is 12.7 Å². The van der Waals surface area contributed by atoms with Crippen LogP contribution in [-0.4, -0.2) is 45.0 Å². The van der Waals surface area contributed by atoms with E-state index in [1.807, 2.05) is 20.8 Å². The van der Waals surface area contributed by atoms with Gasteiger partial charge in [-0.25, -0.2) is 9.67 Å². The van der Waals surface area contributed by atoms with Crippen LogP contribution in [0.2, 0.25) is 0 Å². The number of aliphatic hydroxyl groups is 1. The van der Waals surface area contributed by atoms with Crippen molar-refractivity contribution in [3.8, 4) is 0 Å². The minimum atomic E-state index is -1.03. The van der Waals surface area contributed by atoms with Gasteiger partial charge in [-0.2, -0.15) is 5.10 Å². The van der Waals surface area contributed by atoms with Gasteiger partial charge in [-0.15, -0.1) is 0 Å². The second kappa shape index (κ2) is 6.20. The molecule has 1 aliphatic rings. The maximum absolute atomic E-state index is 11.0. The zero-order chi connectivity index (χ0) is 14.6. The number of aromatic nitrogens is 3. The Balaban J connectivity index is 1.99. The fraction of sp³-hybridized carbons (Fsp3) is 0.857. The van der Waals surface area contributed by atoms with Gasteiger partial charge in [-0.05, 0) is 24.7 Å². The Hall–Kier alpha value is -0.980. The minimum absolute atomic E-state index is 0.201. The van der Waals surface area contributed by atoms with Gasteiger partial charge < -0.3 is 14.6 Å². The van der Waals surface area contributed by atoms with Gasteiger partial charge in [0, 0.05) is 6.61 Å². The van der Waals surface area contributed by atoms with Crippen molar-refractivity contribution in [3.63, 3.8) is 0 Å². The Morgan fingerprint density at radius 2 is 2.20 bits per heavy atom. The molecule has 1 aromatic rings. The Morgan fingerprint density at radius 3 is 2.75 bits per heavy atom. The predicted molar refractivity (Wildman–Crippen MR) is 74.0 cm³/mol. The lowest BCUT2D eigenvalue weighted by atomic mass is 9.77. The third-order valence-corrected chi connectivity index (χ3v) is 3.93. The first-order valence-electron chi connectivity index (χ1n) is 7.19. The molecule has 2 rings (SSSR count). The quantitative estimate of drug-likeness (QED) is 0.889. The maximum atomic E-state index is 11.0. The van der Waals surface area contributed by atoms with Crippen LogP contribution >= 0.6 is 0 Å². The third-order valence-electron chi connectivity index (χ3n) is 3.93. The van der Waals surface area contributed by atoms with E-state index in [-0.39, 0.29) is 18.3 Å². The van der Waals surface area contributed by atoms with Gasteiger partial charge in [0.2, 0.25) is 0 Å². The molecule has 0 aliphatic carbocycles. The van der Waals surface area contributed by atoms with E-state index in [1.54, 1.807) is 11.0 Å². The summed E-state index contributed by atoms with van der Waals surface area (Å²) in [6, 6.07) is 0. The summed E-state index contributed by atoms with van der Waals surface area (Å²) in [6.45, 7) is 7.30. The second-order valence-corrected chi connectivity index (χ2v) is 6.48. The fourth-order valence-electron chi connectivity index (χ4n) is 2.16. The summed E-state index contributed by atoms with van der Waals surface area (Å²) in [5.41, 5.74) is -1.37. The first-order valence-corrected chi connectivity index (χ1v) is 7.19. The Kier molecular flexibility index (Phi) is 4.78. The highest BCUT2D eigenvalue weighted by atomic mass is 16.7. The molecule has 0 amide bonds. The molecule has 0 aromatic carbocycles. The van der Waals surface area contributed by atoms with Crippen LogP contribution in [0.3, 0.4) is 0 Å². The first kappa shape index (κ1) is 15.4. The van der Waals surface area contributed by atoms with Crippen molar-refractivity contribution < 1.29 is 14.6 Å². The molecule has 0 bridgehead atoms. The lowest BCUT2D eigenvalue weighted by molar-refractivity contribution is -0.212. The van der Waals surface area contributed by atoms with E-state index in [9.17, 15) is 5.11 Å². The van der Waals surface area contributed by atoms with Crippen LogP contribution in [0.1, 0.15) is 40.0 Å². The molecule has 0 spiro atoms. The Labute approximate surface area is 120 Å². The molecule has 0 saturated carbocycles. The Morgan fingerprint density at radius 1 is 1.40 bits per heavy atom. The van der Waals surface area contributed by atoms with E-state index < -0.39 is 5.60 Å². The summed E-state index contributed by atoms with van der Waals surface area (Å²) in [4.78, 5) is 3.91. The third kappa shape index (κ3) is 3.77. The van der Waals surface area contributed by atoms with Crippen LogP contribution < -0.4 is 0 Å². The number of rotatable bonds is 5. The van der Waals surface area contributed by atoms with E-state index in [0.717, 1.165) is 25.9 Å². The lowest BCUT2D eigenvalue weighted by Crippen LogP contribution is -2.51. The monoisotopic (exact) mass is 283 g/mol. The van der Waals surface area contributed by atoms with Gasteiger partial charge in [-0.1, -0.05) is 20.8 Å². The van der Waals surface area contributed by atoms with Crippen LogP contribution in [-0.2, 0) is 16.0 Å². The average Bonchev–Trinajstić information content (AvgIpc) is 2.89. The van der Waals surface area contributed by atoms with E-state index in [0.29, 0.717) is 6.54 Å². The highest BCUT2D eigenvalue weighted by Gasteiger charge is 2.41. The molecule has 2 atom stereocenters. The standard InChI is InChI=1S/C14H25N3O3/c1-13(2,3)14(18,8-17-11-15-10-16-17)9-20-12-6-4-5-7-19-12/h10-12,18H,4-9H2,1-3H3. The van der Waals surface area contributed by atoms with Crippen LogP contribution in [0.4, 0.5) is 0 Å². The largest absolute Gasteiger partial charge is 0.385 e. The molecular formula is C14H25N3O3. The summed E-state index contributed by atoms with van der Waals surface area (Å²) in [5.74, 6) is 0. The molecule has 1 N–H and O–H groups in total. The van der Waals surface area contributed by atoms with Gasteiger partial charge in [0.25, 0.3) is 0 Å². The second-order valence-electron chi connectivity index (χ2n) is 6.48. The molecule has 6 nitrogen and oxygen atoms in total. The van der Waals surface area contributed by atoms with E-state index in [4.69, 9.17) is 9.47 Å². The van der Waals surface area contributed by atoms with Gasteiger partial charge >= 0.3 is 0 Å². The zero-order valence-electron chi connectivity index (χ0n) is 12.6. The van der Waals surface area contributed by atoms with Crippen molar-refractivity contribution in [2.75, 3.05) is 13.2 Å². The van der Waals surface area contributed by atoms with Gasteiger partial charge in [0.05, 0.1) is 13.2 Å². The molecule has 2 heterocycles. The van der Waals surface area contributed by atoms with Crippen LogP contribution in [0.25, 0.3) is 0 Å². The summed E-state index contributed by atoms with van der Waals surface area (Å²) in [6.07, 6.45) is 5.96. The first-order chi connectivity index (χ1) is 9.41. The van der Waals surface area contributed by atoms with Crippen molar-refractivity contribution in [1.29, 1.82) is 0 Å². The Bertz CT molecular complexity index is 396. The zero-order valence-corrected chi connectivity index (χ0v) is 12.6. The highest BCUT2D eigenvalue weighted by molar-refractivity contribution is 4.90. The SMILES string of the molecule is CC(C)(C)C(O)(COC1CCCCO1)Cn1cncn1. The van der Waals surface area contributed by atoms with Crippen molar-refractivity contribution in [2.24, 2.45) is 5.41 Å². The summed E-state index contributed by atoms with van der Waals surface area (Å²) in [5, 5.41) is 15.0. The number of hydrogen-bond donors (Lipinski definition) is 1. The van der Waals surface area contributed by atoms with Gasteiger partial charge in [0.1, 0.15) is 18.3 Å². The minimum Gasteiger partial charge on any atom is -0.385 e. The van der Waals surface area contributed by atoms with E-state index in [1.165, 1.54) is 6.33 Å². The molecule has 1 fully saturated rings. The van der Waals surface area contributed by atoms with Crippen LogP contribution in [0.5, 0.6) is 0 Å². The summed E-state index contributed by atoms with van der Waals surface area (Å²) >= 11 is 0. The lowest BCUT2D eigenvalue weighted by Gasteiger charge is -2.40. The molecule has 2 unspecified atom stereocenters. The van der Waals surface area contributed by atoms with Crippen LogP contribution in [0, 0.1) is 5.41 Å². The number of ether oxygens (including phenoxy) is 2. The smallest absolute Gasteiger partial charge is 0.157 e. The van der Waals surface area contributed by atoms with Crippen molar-refractivity contribution in [2.45, 2.75) is 58.5 Å².